The van der Waals surface area contributed by atoms with Crippen molar-refractivity contribution in [2.75, 3.05) is 11.9 Å². The smallest absolute Gasteiger partial charge is 0.262 e. The minimum absolute atomic E-state index is 0.128. The molecule has 1 fully saturated rings. The summed E-state index contributed by atoms with van der Waals surface area (Å²) in [4.78, 5) is 28.4. The maximum atomic E-state index is 12.2. The Morgan fingerprint density at radius 1 is 1.17 bits per heavy atom. The Hall–Kier alpha value is -3.68. The highest BCUT2D eigenvalue weighted by atomic mass is 16.5. The summed E-state index contributed by atoms with van der Waals surface area (Å²) < 4.78 is 10.5. The van der Waals surface area contributed by atoms with Gasteiger partial charge in [0.05, 0.1) is 0 Å². The fraction of sp³-hybridized carbons (Fsp3) is 0.238. The summed E-state index contributed by atoms with van der Waals surface area (Å²) in [5.74, 6) is 1.09. The predicted molar refractivity (Wildman–Crippen MR) is 106 cm³/mol. The van der Waals surface area contributed by atoms with E-state index in [1.54, 1.807) is 55.5 Å². The second-order valence-corrected chi connectivity index (χ2v) is 6.83. The molecule has 0 radical (unpaired) electrons. The zero-order chi connectivity index (χ0) is 20.2. The summed E-state index contributed by atoms with van der Waals surface area (Å²) in [7, 11) is 0. The molecule has 1 aliphatic carbocycles. The van der Waals surface area contributed by atoms with E-state index in [0.29, 0.717) is 28.7 Å². The van der Waals surface area contributed by atoms with E-state index >= 15 is 0 Å². The lowest BCUT2D eigenvalue weighted by Crippen LogP contribution is -2.25. The van der Waals surface area contributed by atoms with Gasteiger partial charge >= 0.3 is 0 Å². The van der Waals surface area contributed by atoms with Crippen molar-refractivity contribution in [3.05, 3.63) is 60.0 Å². The van der Waals surface area contributed by atoms with Crippen molar-refractivity contribution in [1.29, 1.82) is 0 Å². The molecule has 0 spiro atoms. The second-order valence-electron chi connectivity index (χ2n) is 6.83. The number of anilines is 1. The molecule has 2 amide bonds. The lowest BCUT2D eigenvalue weighted by molar-refractivity contribution is -0.118. The van der Waals surface area contributed by atoms with Gasteiger partial charge in [0.25, 0.3) is 11.8 Å². The highest BCUT2D eigenvalue weighted by Gasteiger charge is 2.23. The van der Waals surface area contributed by atoms with Gasteiger partial charge in [0, 0.05) is 29.8 Å². The van der Waals surface area contributed by atoms with Crippen LogP contribution in [0.5, 0.6) is 5.75 Å². The molecule has 0 unspecified atom stereocenters. The molecule has 1 heterocycles. The van der Waals surface area contributed by atoms with Gasteiger partial charge in [0.15, 0.2) is 6.61 Å². The minimum Gasteiger partial charge on any atom is -0.484 e. The van der Waals surface area contributed by atoms with Crippen LogP contribution in [-0.4, -0.2) is 34.6 Å². The van der Waals surface area contributed by atoms with Crippen molar-refractivity contribution in [2.45, 2.75) is 25.8 Å². The maximum Gasteiger partial charge on any atom is 0.262 e. The van der Waals surface area contributed by atoms with E-state index in [9.17, 15) is 9.59 Å². The van der Waals surface area contributed by atoms with E-state index in [1.807, 2.05) is 0 Å². The number of nitrogens with zero attached hydrogens (tertiary/aromatic N) is 2. The van der Waals surface area contributed by atoms with Crippen LogP contribution in [0.15, 0.2) is 53.1 Å². The third-order valence-electron chi connectivity index (χ3n) is 4.33. The van der Waals surface area contributed by atoms with E-state index in [0.717, 1.165) is 18.4 Å². The zero-order valence-corrected chi connectivity index (χ0v) is 15.8. The summed E-state index contributed by atoms with van der Waals surface area (Å²) in [5, 5.41) is 9.52. The molecule has 29 heavy (non-hydrogen) atoms. The molecule has 1 aliphatic rings. The lowest BCUT2D eigenvalue weighted by atomic mass is 10.2. The average Bonchev–Trinajstić information content (AvgIpc) is 3.44. The molecule has 148 valence electrons. The van der Waals surface area contributed by atoms with Crippen LogP contribution >= 0.6 is 0 Å². The normalized spacial score (nSPS) is 13.0. The fourth-order valence-corrected chi connectivity index (χ4v) is 2.70. The van der Waals surface area contributed by atoms with E-state index in [1.165, 1.54) is 0 Å². The van der Waals surface area contributed by atoms with Crippen LogP contribution < -0.4 is 15.4 Å². The SMILES string of the molecule is Cc1nc(-c2ccc(OCC(=O)Nc3cccc(C(=O)NC4CC4)c3)cc2)no1. The largest absolute Gasteiger partial charge is 0.484 e. The summed E-state index contributed by atoms with van der Waals surface area (Å²) in [6.07, 6.45) is 2.05. The first-order valence-corrected chi connectivity index (χ1v) is 9.31. The molecule has 3 aromatic rings. The predicted octanol–water partition coefficient (Wildman–Crippen LogP) is 2.95. The Morgan fingerprint density at radius 3 is 2.66 bits per heavy atom. The van der Waals surface area contributed by atoms with Gasteiger partial charge < -0.3 is 19.9 Å². The number of aromatic nitrogens is 2. The molecular formula is C21H20N4O4. The van der Waals surface area contributed by atoms with Crippen LogP contribution in [0.1, 0.15) is 29.1 Å². The number of nitrogens with one attached hydrogen (secondary N) is 2. The molecule has 8 heteroatoms. The minimum atomic E-state index is -0.317. The number of rotatable bonds is 7. The number of amides is 2. The molecule has 0 atom stereocenters. The van der Waals surface area contributed by atoms with Crippen molar-refractivity contribution >= 4 is 17.5 Å². The molecule has 2 N–H and O–H groups in total. The number of carbonyl (C=O) groups excluding carboxylic acids is 2. The van der Waals surface area contributed by atoms with Gasteiger partial charge in [0.2, 0.25) is 11.7 Å². The Balaban J connectivity index is 1.30. The zero-order valence-electron chi connectivity index (χ0n) is 15.8. The van der Waals surface area contributed by atoms with Gasteiger partial charge in [-0.3, -0.25) is 9.59 Å². The molecule has 0 saturated heterocycles. The van der Waals surface area contributed by atoms with Crippen LogP contribution in [0.25, 0.3) is 11.4 Å². The fourth-order valence-electron chi connectivity index (χ4n) is 2.70. The molecular weight excluding hydrogens is 372 g/mol. The molecule has 1 saturated carbocycles. The Bertz CT molecular complexity index is 1030. The number of ether oxygens (including phenoxy) is 1. The number of carbonyl (C=O) groups is 2. The van der Waals surface area contributed by atoms with Crippen LogP contribution in [0.4, 0.5) is 5.69 Å². The van der Waals surface area contributed by atoms with Crippen molar-refractivity contribution in [2.24, 2.45) is 0 Å². The van der Waals surface area contributed by atoms with E-state index in [4.69, 9.17) is 9.26 Å². The molecule has 1 aromatic heterocycles. The Morgan fingerprint density at radius 2 is 1.97 bits per heavy atom. The van der Waals surface area contributed by atoms with Crippen LogP contribution in [0.3, 0.4) is 0 Å². The van der Waals surface area contributed by atoms with Crippen molar-refractivity contribution in [3.8, 4) is 17.1 Å². The van der Waals surface area contributed by atoms with Crippen LogP contribution in [0, 0.1) is 6.92 Å². The first-order valence-electron chi connectivity index (χ1n) is 9.31. The van der Waals surface area contributed by atoms with Crippen LogP contribution in [0.2, 0.25) is 0 Å². The first-order chi connectivity index (χ1) is 14.1. The van der Waals surface area contributed by atoms with Gasteiger partial charge in [-0.15, -0.1) is 0 Å². The van der Waals surface area contributed by atoms with E-state index in [-0.39, 0.29) is 24.5 Å². The third kappa shape index (κ3) is 4.98. The highest BCUT2D eigenvalue weighted by molar-refractivity contribution is 5.97. The molecule has 2 aromatic carbocycles. The summed E-state index contributed by atoms with van der Waals surface area (Å²) in [5.41, 5.74) is 1.85. The Labute approximate surface area is 167 Å². The maximum absolute atomic E-state index is 12.2. The van der Waals surface area contributed by atoms with Gasteiger partial charge in [0.1, 0.15) is 5.75 Å². The molecule has 8 nitrogen and oxygen atoms in total. The van der Waals surface area contributed by atoms with Crippen molar-refractivity contribution < 1.29 is 18.8 Å². The third-order valence-corrected chi connectivity index (χ3v) is 4.33. The molecule has 0 bridgehead atoms. The van der Waals surface area contributed by atoms with Crippen molar-refractivity contribution in [3.63, 3.8) is 0 Å². The van der Waals surface area contributed by atoms with Gasteiger partial charge in [-0.1, -0.05) is 11.2 Å². The first kappa shape index (κ1) is 18.7. The van der Waals surface area contributed by atoms with E-state index < -0.39 is 0 Å². The average molecular weight is 392 g/mol. The lowest BCUT2D eigenvalue weighted by Gasteiger charge is -2.09. The van der Waals surface area contributed by atoms with Gasteiger partial charge in [-0.25, -0.2) is 0 Å². The Kier molecular flexibility index (Phi) is 5.24. The summed E-state index contributed by atoms with van der Waals surface area (Å²) in [6.45, 7) is 1.57. The van der Waals surface area contributed by atoms with E-state index in [2.05, 4.69) is 20.8 Å². The quantitative estimate of drug-likeness (QED) is 0.640. The van der Waals surface area contributed by atoms with Gasteiger partial charge in [-0.2, -0.15) is 4.98 Å². The van der Waals surface area contributed by atoms with Crippen LogP contribution in [-0.2, 0) is 4.79 Å². The number of benzene rings is 2. The van der Waals surface area contributed by atoms with Gasteiger partial charge in [-0.05, 0) is 55.3 Å². The number of aryl methyl sites for hydroxylation is 1. The number of hydrogen-bond acceptors (Lipinski definition) is 6. The molecule has 4 rings (SSSR count). The number of hydrogen-bond donors (Lipinski definition) is 2. The molecule has 0 aliphatic heterocycles. The summed E-state index contributed by atoms with van der Waals surface area (Å²) >= 11 is 0. The topological polar surface area (TPSA) is 106 Å². The standard InChI is InChI=1S/C21H20N4O4/c1-13-22-20(25-29-13)14-5-9-18(10-6-14)28-12-19(26)23-17-4-2-3-15(11-17)21(27)24-16-7-8-16/h2-6,9-11,16H,7-8,12H2,1H3,(H,23,26)(H,24,27). The van der Waals surface area contributed by atoms with Crippen molar-refractivity contribution in [1.82, 2.24) is 15.5 Å². The highest BCUT2D eigenvalue weighted by Crippen LogP contribution is 2.21. The monoisotopic (exact) mass is 392 g/mol. The second kappa shape index (κ2) is 8.14. The summed E-state index contributed by atoms with van der Waals surface area (Å²) in [6, 6.07) is 14.2.